The van der Waals surface area contributed by atoms with Crippen molar-refractivity contribution in [3.63, 3.8) is 0 Å². The van der Waals surface area contributed by atoms with Crippen LogP contribution in [-0.4, -0.2) is 61.5 Å². The Morgan fingerprint density at radius 1 is 1.24 bits per heavy atom. The molecule has 2 aliphatic heterocycles. The minimum Gasteiger partial charge on any atom is -0.366 e. The molecule has 0 radical (unpaired) electrons. The number of ketones is 1. The molecule has 1 aromatic rings. The second kappa shape index (κ2) is 7.49. The van der Waals surface area contributed by atoms with Gasteiger partial charge >= 0.3 is 0 Å². The van der Waals surface area contributed by atoms with E-state index in [1.807, 2.05) is 4.90 Å². The van der Waals surface area contributed by atoms with E-state index in [1.54, 1.807) is 17.0 Å². The van der Waals surface area contributed by atoms with Crippen LogP contribution in [0, 0.1) is 5.82 Å². The summed E-state index contributed by atoms with van der Waals surface area (Å²) in [6.45, 7) is 4.01. The lowest BCUT2D eigenvalue weighted by atomic mass is 10.1. The number of halogens is 1. The average Bonchev–Trinajstić information content (AvgIpc) is 3.10. The Hall–Kier alpha value is -1.99. The van der Waals surface area contributed by atoms with E-state index in [1.165, 1.54) is 13.0 Å². The summed E-state index contributed by atoms with van der Waals surface area (Å²) in [6.07, 6.45) is 1.11. The molecule has 7 heteroatoms. The van der Waals surface area contributed by atoms with Crippen LogP contribution in [0.3, 0.4) is 0 Å². The van der Waals surface area contributed by atoms with Crippen molar-refractivity contribution in [2.24, 2.45) is 5.73 Å². The first-order valence-corrected chi connectivity index (χ1v) is 8.69. The Labute approximate surface area is 146 Å². The summed E-state index contributed by atoms with van der Waals surface area (Å²) < 4.78 is 19.9. The first-order chi connectivity index (χ1) is 12.0. The van der Waals surface area contributed by atoms with Gasteiger partial charge in [-0.1, -0.05) is 0 Å². The number of piperazine rings is 1. The van der Waals surface area contributed by atoms with Gasteiger partial charge in [0, 0.05) is 38.3 Å². The van der Waals surface area contributed by atoms with E-state index in [0.29, 0.717) is 50.4 Å². The third-order valence-electron chi connectivity index (χ3n) is 4.93. The fourth-order valence-corrected chi connectivity index (χ4v) is 3.41. The summed E-state index contributed by atoms with van der Waals surface area (Å²) in [5.74, 6) is -0.561. The monoisotopic (exact) mass is 349 g/mol. The van der Waals surface area contributed by atoms with Gasteiger partial charge in [-0.05, 0) is 38.0 Å². The molecule has 0 saturated carbocycles. The van der Waals surface area contributed by atoms with Gasteiger partial charge in [0.1, 0.15) is 11.9 Å². The number of rotatable bonds is 4. The summed E-state index contributed by atoms with van der Waals surface area (Å²) in [5.41, 5.74) is 6.42. The molecule has 0 spiro atoms. The van der Waals surface area contributed by atoms with Gasteiger partial charge in [-0.15, -0.1) is 0 Å². The zero-order valence-electron chi connectivity index (χ0n) is 14.4. The lowest BCUT2D eigenvalue weighted by Gasteiger charge is -2.37. The molecule has 2 aliphatic rings. The third kappa shape index (κ3) is 3.82. The maximum atomic E-state index is 14.3. The van der Waals surface area contributed by atoms with Gasteiger partial charge in [-0.25, -0.2) is 4.39 Å². The first-order valence-electron chi connectivity index (χ1n) is 8.69. The number of anilines is 1. The highest BCUT2D eigenvalue weighted by molar-refractivity contribution is 5.94. The van der Waals surface area contributed by atoms with Crippen molar-refractivity contribution < 1.29 is 18.7 Å². The Morgan fingerprint density at radius 3 is 2.52 bits per heavy atom. The van der Waals surface area contributed by atoms with Crippen LogP contribution in [0.4, 0.5) is 10.1 Å². The van der Waals surface area contributed by atoms with E-state index in [0.717, 1.165) is 6.42 Å². The largest absolute Gasteiger partial charge is 0.366 e. The number of carbonyl (C=O) groups excluding carboxylic acids is 2. The number of Topliss-reactive ketones (excluding diaryl/α,β-unsaturated/α-hetero) is 1. The van der Waals surface area contributed by atoms with Crippen molar-refractivity contribution in [1.29, 1.82) is 0 Å². The van der Waals surface area contributed by atoms with Gasteiger partial charge in [0.05, 0.1) is 11.8 Å². The quantitative estimate of drug-likeness (QED) is 0.826. The van der Waals surface area contributed by atoms with Crippen LogP contribution in [0.5, 0.6) is 0 Å². The molecule has 2 heterocycles. The van der Waals surface area contributed by atoms with E-state index < -0.39 is 11.9 Å². The van der Waals surface area contributed by atoms with Crippen LogP contribution in [0.2, 0.25) is 0 Å². The van der Waals surface area contributed by atoms with Gasteiger partial charge in [0.15, 0.2) is 5.78 Å². The van der Waals surface area contributed by atoms with Crippen molar-refractivity contribution in [3.8, 4) is 0 Å². The molecule has 1 aromatic carbocycles. The number of carbonyl (C=O) groups is 2. The lowest BCUT2D eigenvalue weighted by Crippen LogP contribution is -2.51. The molecule has 25 heavy (non-hydrogen) atoms. The number of benzene rings is 1. The Kier molecular flexibility index (Phi) is 5.34. The molecule has 2 fully saturated rings. The van der Waals surface area contributed by atoms with Crippen LogP contribution >= 0.6 is 0 Å². The van der Waals surface area contributed by atoms with E-state index in [4.69, 9.17) is 10.5 Å². The maximum absolute atomic E-state index is 14.3. The van der Waals surface area contributed by atoms with Crippen molar-refractivity contribution in [2.75, 3.05) is 37.6 Å². The van der Waals surface area contributed by atoms with Gasteiger partial charge in [-0.2, -0.15) is 0 Å². The van der Waals surface area contributed by atoms with Gasteiger partial charge < -0.3 is 20.3 Å². The highest BCUT2D eigenvalue weighted by atomic mass is 19.1. The van der Waals surface area contributed by atoms with Gasteiger partial charge in [0.25, 0.3) is 5.91 Å². The molecule has 0 aromatic heterocycles. The van der Waals surface area contributed by atoms with Crippen LogP contribution in [0.25, 0.3) is 0 Å². The normalized spacial score (nSPS) is 23.8. The fraction of sp³-hybridized carbons (Fsp3) is 0.556. The van der Waals surface area contributed by atoms with E-state index in [2.05, 4.69) is 0 Å². The van der Waals surface area contributed by atoms with Crippen LogP contribution < -0.4 is 10.6 Å². The second-order valence-electron chi connectivity index (χ2n) is 6.59. The molecule has 3 rings (SSSR count). The van der Waals surface area contributed by atoms with E-state index in [9.17, 15) is 14.0 Å². The van der Waals surface area contributed by atoms with Gasteiger partial charge in [0.2, 0.25) is 0 Å². The van der Waals surface area contributed by atoms with Crippen LogP contribution in [-0.2, 0) is 9.53 Å². The number of amides is 1. The summed E-state index contributed by atoms with van der Waals surface area (Å²) in [5, 5.41) is 0. The zero-order valence-corrected chi connectivity index (χ0v) is 14.4. The molecule has 136 valence electrons. The predicted octanol–water partition coefficient (Wildman–Crippen LogP) is 1.18. The second-order valence-corrected chi connectivity index (χ2v) is 6.59. The molecular formula is C18H24FN3O3. The van der Waals surface area contributed by atoms with E-state index >= 15 is 0 Å². The average molecular weight is 349 g/mol. The van der Waals surface area contributed by atoms with Crippen molar-refractivity contribution in [3.05, 3.63) is 29.6 Å². The Morgan fingerprint density at radius 2 is 1.96 bits per heavy atom. The highest BCUT2D eigenvalue weighted by Gasteiger charge is 2.34. The number of hydrogen-bond acceptors (Lipinski definition) is 5. The Bertz CT molecular complexity index is 659. The van der Waals surface area contributed by atoms with Crippen LogP contribution in [0.1, 0.15) is 30.1 Å². The number of ether oxygens (including phenoxy) is 1. The fourth-order valence-electron chi connectivity index (χ4n) is 3.41. The molecule has 6 nitrogen and oxygen atoms in total. The SMILES string of the molecule is CC(=O)c1ccc(N2CCN(C(=O)[C@@H]3CC[C@H](CN)O3)CC2)c(F)c1. The summed E-state index contributed by atoms with van der Waals surface area (Å²) >= 11 is 0. The molecule has 2 atom stereocenters. The highest BCUT2D eigenvalue weighted by Crippen LogP contribution is 2.24. The molecule has 1 amide bonds. The summed E-state index contributed by atoms with van der Waals surface area (Å²) in [4.78, 5) is 27.5. The topological polar surface area (TPSA) is 75.9 Å². The molecule has 2 saturated heterocycles. The van der Waals surface area contributed by atoms with Crippen molar-refractivity contribution in [1.82, 2.24) is 4.90 Å². The first kappa shape index (κ1) is 17.8. The molecule has 2 N–H and O–H groups in total. The standard InChI is InChI=1S/C18H24FN3O3/c1-12(23)13-2-4-16(15(19)10-13)21-6-8-22(9-7-21)18(24)17-5-3-14(11-20)25-17/h2,4,10,14,17H,3,5-9,11,20H2,1H3/t14-,17+/m1/s1. The van der Waals surface area contributed by atoms with Crippen LogP contribution in [0.15, 0.2) is 18.2 Å². The summed E-state index contributed by atoms with van der Waals surface area (Å²) in [7, 11) is 0. The third-order valence-corrected chi connectivity index (χ3v) is 4.93. The van der Waals surface area contributed by atoms with E-state index in [-0.39, 0.29) is 17.8 Å². The number of nitrogens with two attached hydrogens (primary N) is 1. The zero-order chi connectivity index (χ0) is 18.0. The van der Waals surface area contributed by atoms with Crippen molar-refractivity contribution in [2.45, 2.75) is 32.0 Å². The molecule has 0 unspecified atom stereocenters. The summed E-state index contributed by atoms with van der Waals surface area (Å²) in [6, 6.07) is 4.54. The molecular weight excluding hydrogens is 325 g/mol. The smallest absolute Gasteiger partial charge is 0.251 e. The molecule has 0 bridgehead atoms. The number of hydrogen-bond donors (Lipinski definition) is 1. The Balaban J connectivity index is 1.58. The van der Waals surface area contributed by atoms with Gasteiger partial charge in [-0.3, -0.25) is 9.59 Å². The molecule has 0 aliphatic carbocycles. The minimum absolute atomic E-state index is 0.00278. The predicted molar refractivity (Wildman–Crippen MR) is 92.1 cm³/mol. The lowest BCUT2D eigenvalue weighted by molar-refractivity contribution is -0.143. The maximum Gasteiger partial charge on any atom is 0.251 e. The minimum atomic E-state index is -0.405. The van der Waals surface area contributed by atoms with Crippen molar-refractivity contribution >= 4 is 17.4 Å². The number of nitrogens with zero attached hydrogens (tertiary/aromatic N) is 2.